The summed E-state index contributed by atoms with van der Waals surface area (Å²) >= 11 is 0. The van der Waals surface area contributed by atoms with Crippen LogP contribution in [0.3, 0.4) is 0 Å². The molecule has 1 aliphatic heterocycles. The Hall–Kier alpha value is -3.40. The molecule has 1 aromatic carbocycles. The van der Waals surface area contributed by atoms with Crippen LogP contribution in [0.4, 0.5) is 15.0 Å². The molecule has 3 heterocycles. The van der Waals surface area contributed by atoms with E-state index in [1.165, 1.54) is 12.1 Å². The molecule has 1 unspecified atom stereocenters. The first-order valence-electron chi connectivity index (χ1n) is 10.2. The summed E-state index contributed by atoms with van der Waals surface area (Å²) in [6.07, 6.45) is 4.55. The van der Waals surface area contributed by atoms with Crippen LogP contribution in [0.15, 0.2) is 36.7 Å². The Morgan fingerprint density at radius 2 is 2.23 bits per heavy atom. The zero-order valence-electron chi connectivity index (χ0n) is 16.9. The van der Waals surface area contributed by atoms with Crippen molar-refractivity contribution >= 4 is 17.6 Å². The van der Waals surface area contributed by atoms with E-state index in [0.717, 1.165) is 30.8 Å². The number of hydrogen-bond donors (Lipinski definition) is 3. The lowest BCUT2D eigenvalue weighted by molar-refractivity contribution is 0.193. The number of carbonyl (C=O) groups is 1. The van der Waals surface area contributed by atoms with Gasteiger partial charge in [0.2, 0.25) is 0 Å². The van der Waals surface area contributed by atoms with E-state index < -0.39 is 6.09 Å². The molecule has 9 nitrogen and oxygen atoms in total. The summed E-state index contributed by atoms with van der Waals surface area (Å²) in [5, 5.41) is 24.7. The second-order valence-corrected chi connectivity index (χ2v) is 7.35. The first kappa shape index (κ1) is 20.9. The number of hydrogen-bond acceptors (Lipinski definition) is 6. The minimum absolute atomic E-state index is 0.113. The molecule has 0 saturated carbocycles. The first-order valence-corrected chi connectivity index (χ1v) is 10.2. The van der Waals surface area contributed by atoms with Gasteiger partial charge in [-0.2, -0.15) is 5.10 Å². The number of aliphatic hydroxyl groups excluding tert-OH is 1. The lowest BCUT2D eigenvalue weighted by Gasteiger charge is -2.27. The van der Waals surface area contributed by atoms with Crippen LogP contribution in [-0.4, -0.2) is 50.6 Å². The number of benzene rings is 1. The van der Waals surface area contributed by atoms with E-state index >= 15 is 0 Å². The van der Waals surface area contributed by atoms with Gasteiger partial charge < -0.3 is 25.2 Å². The topological polar surface area (TPSA) is 112 Å². The molecule has 164 valence electrons. The normalized spacial score (nSPS) is 16.1. The van der Waals surface area contributed by atoms with Crippen LogP contribution in [-0.2, 0) is 6.61 Å². The SMILES string of the molecule is O=C(O)NCCCOc1ccc(F)cc1C1CCCN1c1ccn2ncc(CO)c2n1. The zero-order valence-corrected chi connectivity index (χ0v) is 16.9. The molecule has 3 N–H and O–H groups in total. The van der Waals surface area contributed by atoms with E-state index in [1.807, 2.05) is 6.07 Å². The van der Waals surface area contributed by atoms with E-state index in [2.05, 4.69) is 20.3 Å². The van der Waals surface area contributed by atoms with Gasteiger partial charge in [0.1, 0.15) is 17.4 Å². The number of anilines is 1. The Kier molecular flexibility index (Phi) is 6.17. The number of carboxylic acid groups (broad SMARTS) is 1. The van der Waals surface area contributed by atoms with Crippen molar-refractivity contribution in [3.05, 3.63) is 53.6 Å². The highest BCUT2D eigenvalue weighted by Gasteiger charge is 2.30. The molecule has 0 radical (unpaired) electrons. The highest BCUT2D eigenvalue weighted by atomic mass is 19.1. The molecule has 1 fully saturated rings. The smallest absolute Gasteiger partial charge is 0.404 e. The largest absolute Gasteiger partial charge is 0.493 e. The van der Waals surface area contributed by atoms with Gasteiger partial charge in [-0.1, -0.05) is 0 Å². The summed E-state index contributed by atoms with van der Waals surface area (Å²) < 4.78 is 21.6. The van der Waals surface area contributed by atoms with Gasteiger partial charge in [-0.25, -0.2) is 18.7 Å². The van der Waals surface area contributed by atoms with Crippen molar-refractivity contribution in [2.45, 2.75) is 31.9 Å². The minimum Gasteiger partial charge on any atom is -0.493 e. The van der Waals surface area contributed by atoms with E-state index in [9.17, 15) is 14.3 Å². The highest BCUT2D eigenvalue weighted by Crippen LogP contribution is 2.39. The van der Waals surface area contributed by atoms with Crippen LogP contribution in [0.2, 0.25) is 0 Å². The van der Waals surface area contributed by atoms with Crippen molar-refractivity contribution in [3.8, 4) is 5.75 Å². The summed E-state index contributed by atoms with van der Waals surface area (Å²) in [5.74, 6) is 0.963. The fourth-order valence-electron chi connectivity index (χ4n) is 3.90. The average molecular weight is 429 g/mol. The summed E-state index contributed by atoms with van der Waals surface area (Å²) in [4.78, 5) is 17.3. The lowest BCUT2D eigenvalue weighted by atomic mass is 10.0. The van der Waals surface area contributed by atoms with Crippen LogP contribution < -0.4 is 15.0 Å². The van der Waals surface area contributed by atoms with Crippen molar-refractivity contribution in [2.24, 2.45) is 0 Å². The predicted molar refractivity (Wildman–Crippen MR) is 111 cm³/mol. The van der Waals surface area contributed by atoms with Crippen molar-refractivity contribution in [2.75, 3.05) is 24.6 Å². The third-order valence-electron chi connectivity index (χ3n) is 5.33. The highest BCUT2D eigenvalue weighted by molar-refractivity contribution is 5.64. The molecule has 1 amide bonds. The minimum atomic E-state index is -1.07. The maximum atomic E-state index is 14.1. The molecule has 1 atom stereocenters. The molecule has 1 saturated heterocycles. The number of aromatic nitrogens is 3. The standard InChI is InChI=1S/C21H24FN5O4/c22-15-4-5-18(31-10-2-7-23-21(29)30)16(11-15)17-3-1-8-26(17)19-6-9-27-20(25-19)14(13-28)12-24-27/h4-6,9,11-12,17,23,28H,1-3,7-8,10,13H2,(H,29,30). The van der Waals surface area contributed by atoms with Crippen LogP contribution in [0.5, 0.6) is 5.75 Å². The summed E-state index contributed by atoms with van der Waals surface area (Å²) in [7, 11) is 0. The van der Waals surface area contributed by atoms with Gasteiger partial charge in [0.15, 0.2) is 5.65 Å². The van der Waals surface area contributed by atoms with Gasteiger partial charge in [-0.05, 0) is 43.5 Å². The number of halogens is 1. The number of nitrogens with zero attached hydrogens (tertiary/aromatic N) is 4. The van der Waals surface area contributed by atoms with Crippen molar-refractivity contribution in [3.63, 3.8) is 0 Å². The molecule has 1 aliphatic rings. The maximum Gasteiger partial charge on any atom is 0.404 e. The summed E-state index contributed by atoms with van der Waals surface area (Å²) in [6, 6.07) is 6.21. The molecule has 3 aromatic rings. The number of rotatable bonds is 8. The molecule has 2 aromatic heterocycles. The van der Waals surface area contributed by atoms with Gasteiger partial charge in [0.25, 0.3) is 0 Å². The number of aliphatic hydroxyl groups is 1. The number of nitrogens with one attached hydrogen (secondary N) is 1. The quantitative estimate of drug-likeness (QED) is 0.472. The Morgan fingerprint density at radius 3 is 3.03 bits per heavy atom. The Morgan fingerprint density at radius 1 is 1.35 bits per heavy atom. The van der Waals surface area contributed by atoms with E-state index in [-0.39, 0.29) is 25.0 Å². The van der Waals surface area contributed by atoms with Crippen LogP contribution in [0.25, 0.3) is 5.65 Å². The van der Waals surface area contributed by atoms with Crippen molar-refractivity contribution < 1.29 is 24.1 Å². The average Bonchev–Trinajstić information content (AvgIpc) is 3.40. The zero-order chi connectivity index (χ0) is 21.8. The van der Waals surface area contributed by atoms with Crippen molar-refractivity contribution in [1.82, 2.24) is 19.9 Å². The Bertz CT molecular complexity index is 1070. The summed E-state index contributed by atoms with van der Waals surface area (Å²) in [5.41, 5.74) is 1.97. The predicted octanol–water partition coefficient (Wildman–Crippen LogP) is 2.74. The van der Waals surface area contributed by atoms with Gasteiger partial charge in [-0.15, -0.1) is 0 Å². The summed E-state index contributed by atoms with van der Waals surface area (Å²) in [6.45, 7) is 1.20. The molecule has 0 spiro atoms. The molecular formula is C21H24FN5O4. The lowest BCUT2D eigenvalue weighted by Crippen LogP contribution is -2.25. The molecule has 31 heavy (non-hydrogen) atoms. The van der Waals surface area contributed by atoms with Gasteiger partial charge in [0.05, 0.1) is 25.5 Å². The van der Waals surface area contributed by atoms with E-state index in [4.69, 9.17) is 9.84 Å². The Labute approximate surface area is 178 Å². The molecule has 0 bridgehead atoms. The monoisotopic (exact) mass is 429 g/mol. The van der Waals surface area contributed by atoms with Gasteiger partial charge >= 0.3 is 6.09 Å². The molecule has 0 aliphatic carbocycles. The fraction of sp³-hybridized carbons (Fsp3) is 0.381. The van der Waals surface area contributed by atoms with E-state index in [0.29, 0.717) is 30.0 Å². The van der Waals surface area contributed by atoms with Crippen LogP contribution >= 0.6 is 0 Å². The van der Waals surface area contributed by atoms with Gasteiger partial charge in [-0.3, -0.25) is 0 Å². The molecular weight excluding hydrogens is 405 g/mol. The second kappa shape index (κ2) is 9.17. The first-order chi connectivity index (χ1) is 15.1. The molecule has 4 rings (SSSR count). The van der Waals surface area contributed by atoms with Crippen LogP contribution in [0.1, 0.15) is 36.4 Å². The van der Waals surface area contributed by atoms with Gasteiger partial charge in [0, 0.05) is 30.4 Å². The number of fused-ring (bicyclic) bond motifs is 1. The van der Waals surface area contributed by atoms with E-state index in [1.54, 1.807) is 23.0 Å². The Balaban J connectivity index is 1.57. The fourth-order valence-corrected chi connectivity index (χ4v) is 3.90. The number of ether oxygens (including phenoxy) is 1. The maximum absolute atomic E-state index is 14.1. The third-order valence-corrected chi connectivity index (χ3v) is 5.33. The molecule has 10 heteroatoms. The number of amides is 1. The second-order valence-electron chi connectivity index (χ2n) is 7.35. The van der Waals surface area contributed by atoms with Crippen LogP contribution in [0, 0.1) is 5.82 Å². The third kappa shape index (κ3) is 4.53. The van der Waals surface area contributed by atoms with Crippen molar-refractivity contribution in [1.29, 1.82) is 0 Å².